The van der Waals surface area contributed by atoms with Crippen LogP contribution in [0.4, 0.5) is 0 Å². The lowest BCUT2D eigenvalue weighted by Crippen LogP contribution is -2.01. The Morgan fingerprint density at radius 2 is 2.30 bits per heavy atom. The lowest BCUT2D eigenvalue weighted by atomic mass is 10.3. The molecule has 56 valence electrons. The summed E-state index contributed by atoms with van der Waals surface area (Å²) in [6.45, 7) is 0.0919. The molecule has 0 aromatic heterocycles. The summed E-state index contributed by atoms with van der Waals surface area (Å²) in [5, 5.41) is 16.8. The summed E-state index contributed by atoms with van der Waals surface area (Å²) >= 11 is 0. The van der Waals surface area contributed by atoms with Crippen LogP contribution in [-0.2, 0) is 4.84 Å². The molecular formula is C5H8N2O3. The summed E-state index contributed by atoms with van der Waals surface area (Å²) in [6.07, 6.45) is 1.65. The maximum absolute atomic E-state index is 9.55. The summed E-state index contributed by atoms with van der Waals surface area (Å²) in [4.78, 5) is 13.6. The molecule has 0 amide bonds. The third-order valence-electron chi connectivity index (χ3n) is 0.880. The topological polar surface area (TPSA) is 76.2 Å². The third-order valence-corrected chi connectivity index (χ3v) is 0.880. The second-order valence-corrected chi connectivity index (χ2v) is 1.67. The molecule has 0 heterocycles. The Balaban J connectivity index is 2.92. The standard InChI is InChI=1S/C5H8N2O3/c6-4-2-1-3-5-10-7(8)9/h1-3,5H2. The van der Waals surface area contributed by atoms with E-state index in [0.717, 1.165) is 0 Å². The second-order valence-electron chi connectivity index (χ2n) is 1.67. The van der Waals surface area contributed by atoms with Crippen LogP contribution in [0.1, 0.15) is 19.3 Å². The minimum Gasteiger partial charge on any atom is -0.314 e. The Labute approximate surface area is 58.3 Å². The molecule has 0 aliphatic carbocycles. The number of unbranched alkanes of at least 4 members (excludes halogenated alkanes) is 2. The quantitative estimate of drug-likeness (QED) is 0.326. The van der Waals surface area contributed by atoms with Gasteiger partial charge in [-0.15, -0.1) is 10.1 Å². The lowest BCUT2D eigenvalue weighted by molar-refractivity contribution is -0.757. The van der Waals surface area contributed by atoms with E-state index in [1.165, 1.54) is 0 Å². The van der Waals surface area contributed by atoms with E-state index in [0.29, 0.717) is 19.3 Å². The van der Waals surface area contributed by atoms with Crippen molar-refractivity contribution in [1.82, 2.24) is 0 Å². The van der Waals surface area contributed by atoms with Gasteiger partial charge < -0.3 is 4.84 Å². The van der Waals surface area contributed by atoms with E-state index in [4.69, 9.17) is 5.26 Å². The van der Waals surface area contributed by atoms with Crippen molar-refractivity contribution in [3.8, 4) is 6.07 Å². The average molecular weight is 144 g/mol. The van der Waals surface area contributed by atoms with E-state index in [1.54, 1.807) is 0 Å². The molecule has 0 unspecified atom stereocenters. The summed E-state index contributed by atoms with van der Waals surface area (Å²) in [7, 11) is 0. The van der Waals surface area contributed by atoms with Gasteiger partial charge in [0.05, 0.1) is 12.7 Å². The van der Waals surface area contributed by atoms with Crippen molar-refractivity contribution in [3.63, 3.8) is 0 Å². The molecule has 0 N–H and O–H groups in total. The molecule has 0 bridgehead atoms. The normalized spacial score (nSPS) is 8.30. The fourth-order valence-electron chi connectivity index (χ4n) is 0.445. The van der Waals surface area contributed by atoms with E-state index in [9.17, 15) is 10.1 Å². The largest absolute Gasteiger partial charge is 0.314 e. The van der Waals surface area contributed by atoms with E-state index in [2.05, 4.69) is 4.84 Å². The first-order chi connectivity index (χ1) is 4.77. The minimum absolute atomic E-state index is 0.0919. The Bertz CT molecular complexity index is 140. The van der Waals surface area contributed by atoms with Gasteiger partial charge >= 0.3 is 0 Å². The van der Waals surface area contributed by atoms with Crippen LogP contribution in [0.3, 0.4) is 0 Å². The summed E-state index contributed by atoms with van der Waals surface area (Å²) < 4.78 is 0. The molecule has 0 rings (SSSR count). The van der Waals surface area contributed by atoms with Crippen LogP contribution in [-0.4, -0.2) is 11.7 Å². The average Bonchev–Trinajstić information content (AvgIpc) is 1.87. The van der Waals surface area contributed by atoms with Crippen molar-refractivity contribution >= 4 is 0 Å². The molecule has 0 aromatic carbocycles. The zero-order valence-corrected chi connectivity index (χ0v) is 5.45. The fourth-order valence-corrected chi connectivity index (χ4v) is 0.445. The highest BCUT2D eigenvalue weighted by molar-refractivity contribution is 4.67. The summed E-state index contributed by atoms with van der Waals surface area (Å²) in [5.74, 6) is 0. The maximum atomic E-state index is 9.55. The van der Waals surface area contributed by atoms with Gasteiger partial charge in [0.15, 0.2) is 0 Å². The van der Waals surface area contributed by atoms with E-state index in [1.807, 2.05) is 6.07 Å². The molecule has 0 aliphatic rings. The highest BCUT2D eigenvalue weighted by Gasteiger charge is 1.92. The highest BCUT2D eigenvalue weighted by atomic mass is 16.9. The van der Waals surface area contributed by atoms with Crippen LogP contribution >= 0.6 is 0 Å². The summed E-state index contributed by atoms with van der Waals surface area (Å²) in [6, 6.07) is 1.93. The number of hydrogen-bond acceptors (Lipinski definition) is 4. The molecule has 5 heteroatoms. The third kappa shape index (κ3) is 6.69. The Morgan fingerprint density at radius 1 is 1.60 bits per heavy atom. The van der Waals surface area contributed by atoms with Crippen LogP contribution in [0.5, 0.6) is 0 Å². The molecule has 0 saturated heterocycles. The van der Waals surface area contributed by atoms with Crippen molar-refractivity contribution in [2.24, 2.45) is 0 Å². The van der Waals surface area contributed by atoms with Crippen molar-refractivity contribution < 1.29 is 9.92 Å². The van der Waals surface area contributed by atoms with Crippen LogP contribution in [0, 0.1) is 21.4 Å². The van der Waals surface area contributed by atoms with Gasteiger partial charge in [-0.2, -0.15) is 5.26 Å². The number of nitrogens with zero attached hydrogens (tertiary/aromatic N) is 2. The van der Waals surface area contributed by atoms with Gasteiger partial charge in [-0.25, -0.2) is 0 Å². The Kier molecular flexibility index (Phi) is 5.06. The van der Waals surface area contributed by atoms with Crippen LogP contribution in [0.15, 0.2) is 0 Å². The first-order valence-electron chi connectivity index (χ1n) is 2.91. The van der Waals surface area contributed by atoms with E-state index < -0.39 is 5.09 Å². The Morgan fingerprint density at radius 3 is 2.80 bits per heavy atom. The molecule has 0 aromatic rings. The van der Waals surface area contributed by atoms with Crippen molar-refractivity contribution in [3.05, 3.63) is 10.1 Å². The molecule has 0 spiro atoms. The van der Waals surface area contributed by atoms with Gasteiger partial charge in [0, 0.05) is 6.42 Å². The van der Waals surface area contributed by atoms with Crippen molar-refractivity contribution in [1.29, 1.82) is 5.26 Å². The van der Waals surface area contributed by atoms with Gasteiger partial charge in [0.2, 0.25) is 0 Å². The van der Waals surface area contributed by atoms with Crippen molar-refractivity contribution in [2.45, 2.75) is 19.3 Å². The predicted octanol–water partition coefficient (Wildman–Crippen LogP) is 0.889. The molecule has 0 atom stereocenters. The Hall–Kier alpha value is -1.31. The monoisotopic (exact) mass is 144 g/mol. The fraction of sp³-hybridized carbons (Fsp3) is 0.800. The second kappa shape index (κ2) is 5.82. The van der Waals surface area contributed by atoms with E-state index >= 15 is 0 Å². The molecular weight excluding hydrogens is 136 g/mol. The molecule has 0 fully saturated rings. The van der Waals surface area contributed by atoms with Gasteiger partial charge in [-0.05, 0) is 12.8 Å². The van der Waals surface area contributed by atoms with Gasteiger partial charge in [-0.1, -0.05) is 0 Å². The highest BCUT2D eigenvalue weighted by Crippen LogP contribution is 1.93. The van der Waals surface area contributed by atoms with Gasteiger partial charge in [0.1, 0.15) is 0 Å². The lowest BCUT2D eigenvalue weighted by Gasteiger charge is -1.93. The SMILES string of the molecule is N#CCCCCO[N+](=O)[O-]. The van der Waals surface area contributed by atoms with Crippen LogP contribution < -0.4 is 0 Å². The predicted molar refractivity (Wildman–Crippen MR) is 32.4 cm³/mol. The maximum Gasteiger partial charge on any atom is 0.294 e. The number of rotatable bonds is 5. The first-order valence-corrected chi connectivity index (χ1v) is 2.91. The molecule has 0 saturated carbocycles. The smallest absolute Gasteiger partial charge is 0.294 e. The van der Waals surface area contributed by atoms with Crippen LogP contribution in [0.2, 0.25) is 0 Å². The molecule has 0 aliphatic heterocycles. The van der Waals surface area contributed by atoms with Crippen LogP contribution in [0.25, 0.3) is 0 Å². The van der Waals surface area contributed by atoms with Gasteiger partial charge in [0.25, 0.3) is 5.09 Å². The molecule has 0 radical (unpaired) electrons. The number of hydrogen-bond donors (Lipinski definition) is 0. The summed E-state index contributed by atoms with van der Waals surface area (Å²) in [5.41, 5.74) is 0. The van der Waals surface area contributed by atoms with Gasteiger partial charge in [-0.3, -0.25) is 0 Å². The molecule has 10 heavy (non-hydrogen) atoms. The van der Waals surface area contributed by atoms with Crippen molar-refractivity contribution in [2.75, 3.05) is 6.61 Å². The number of nitriles is 1. The molecule has 5 nitrogen and oxygen atoms in total. The van der Waals surface area contributed by atoms with E-state index in [-0.39, 0.29) is 6.61 Å². The zero-order valence-electron chi connectivity index (χ0n) is 5.45. The minimum atomic E-state index is -0.827. The zero-order chi connectivity index (χ0) is 7.82. The first kappa shape index (κ1) is 8.69.